The predicted molar refractivity (Wildman–Crippen MR) is 96.1 cm³/mol. The van der Waals surface area contributed by atoms with Crippen molar-refractivity contribution < 1.29 is 4.79 Å². The van der Waals surface area contributed by atoms with E-state index in [-0.39, 0.29) is 5.91 Å². The second-order valence-electron chi connectivity index (χ2n) is 7.58. The normalized spacial score (nSPS) is 21.4. The van der Waals surface area contributed by atoms with Crippen molar-refractivity contribution >= 4 is 5.91 Å². The van der Waals surface area contributed by atoms with E-state index in [9.17, 15) is 4.79 Å². The average Bonchev–Trinajstić information content (AvgIpc) is 3.13. The molecule has 0 radical (unpaired) electrons. The molecule has 134 valence electrons. The molecule has 2 aromatic heterocycles. The summed E-state index contributed by atoms with van der Waals surface area (Å²) in [7, 11) is 1.90. The van der Waals surface area contributed by atoms with Gasteiger partial charge in [-0.3, -0.25) is 14.4 Å². The molecule has 1 aliphatic carbocycles. The molecule has 1 amide bonds. The summed E-state index contributed by atoms with van der Waals surface area (Å²) in [5.41, 5.74) is 2.00. The number of carbonyl (C=O) groups is 1. The number of carbonyl (C=O) groups excluding carboxylic acids is 1. The van der Waals surface area contributed by atoms with Crippen LogP contribution in [0.15, 0.2) is 30.6 Å². The minimum Gasteiger partial charge on any atom is -0.350 e. The highest BCUT2D eigenvalue weighted by atomic mass is 16.1. The van der Waals surface area contributed by atoms with Crippen LogP contribution >= 0.6 is 0 Å². The fourth-order valence-corrected chi connectivity index (χ4v) is 3.95. The van der Waals surface area contributed by atoms with Gasteiger partial charge in [-0.15, -0.1) is 0 Å². The summed E-state index contributed by atoms with van der Waals surface area (Å²) in [6.07, 6.45) is 7.90. The summed E-state index contributed by atoms with van der Waals surface area (Å²) >= 11 is 0. The Balaban J connectivity index is 1.41. The first kappa shape index (κ1) is 16.4. The Bertz CT molecular complexity index is 730. The molecular formula is C19H27N5O. The maximum absolute atomic E-state index is 12.4. The molecular weight excluding hydrogens is 314 g/mol. The van der Waals surface area contributed by atoms with Crippen LogP contribution in [0, 0.1) is 11.8 Å². The molecule has 6 heteroatoms. The van der Waals surface area contributed by atoms with Gasteiger partial charge in [-0.1, -0.05) is 6.42 Å². The minimum absolute atomic E-state index is 0.00276. The Morgan fingerprint density at radius 1 is 1.28 bits per heavy atom. The van der Waals surface area contributed by atoms with Gasteiger partial charge in [0.25, 0.3) is 5.91 Å². The Hall–Kier alpha value is -2.08. The molecule has 6 nitrogen and oxygen atoms in total. The van der Waals surface area contributed by atoms with Gasteiger partial charge >= 0.3 is 0 Å². The van der Waals surface area contributed by atoms with Crippen molar-refractivity contribution in [2.75, 3.05) is 19.6 Å². The molecule has 1 aliphatic heterocycles. The molecule has 1 fully saturated rings. The summed E-state index contributed by atoms with van der Waals surface area (Å²) < 4.78 is 3.97. The Labute approximate surface area is 148 Å². The van der Waals surface area contributed by atoms with Crippen molar-refractivity contribution in [3.63, 3.8) is 0 Å². The third kappa shape index (κ3) is 3.63. The number of nitrogens with one attached hydrogen (secondary N) is 1. The lowest BCUT2D eigenvalue weighted by molar-refractivity contribution is 0.0928. The van der Waals surface area contributed by atoms with E-state index in [1.807, 2.05) is 36.1 Å². The van der Waals surface area contributed by atoms with Crippen LogP contribution in [0.25, 0.3) is 0 Å². The first-order valence-corrected chi connectivity index (χ1v) is 9.31. The van der Waals surface area contributed by atoms with Gasteiger partial charge in [-0.2, -0.15) is 5.10 Å². The Morgan fingerprint density at radius 3 is 2.88 bits per heavy atom. The number of rotatable bonds is 5. The zero-order chi connectivity index (χ0) is 17.2. The predicted octanol–water partition coefficient (Wildman–Crippen LogP) is 1.88. The summed E-state index contributed by atoms with van der Waals surface area (Å²) in [4.78, 5) is 15.0. The monoisotopic (exact) mass is 341 g/mol. The maximum Gasteiger partial charge on any atom is 0.267 e. The molecule has 0 aromatic carbocycles. The van der Waals surface area contributed by atoms with Gasteiger partial charge < -0.3 is 9.88 Å². The van der Waals surface area contributed by atoms with E-state index in [0.29, 0.717) is 18.2 Å². The lowest BCUT2D eigenvalue weighted by Gasteiger charge is -2.32. The summed E-state index contributed by atoms with van der Waals surface area (Å²) in [6.45, 7) is 4.72. The molecule has 2 aliphatic rings. The minimum atomic E-state index is 0.00276. The van der Waals surface area contributed by atoms with Crippen molar-refractivity contribution in [3.05, 3.63) is 42.0 Å². The van der Waals surface area contributed by atoms with Crippen molar-refractivity contribution in [3.8, 4) is 0 Å². The van der Waals surface area contributed by atoms with Gasteiger partial charge in [-0.05, 0) is 37.0 Å². The SMILES string of the molecule is Cn1cccc1C(=O)NC[C@H]1CN(CC2CCC2)Cc2ccnn2C1. The van der Waals surface area contributed by atoms with Gasteiger partial charge in [0, 0.05) is 58.1 Å². The Kier molecular flexibility index (Phi) is 4.61. The van der Waals surface area contributed by atoms with Crippen LogP contribution in [0.2, 0.25) is 0 Å². The van der Waals surface area contributed by atoms with Crippen LogP contribution in [0.4, 0.5) is 0 Å². The largest absolute Gasteiger partial charge is 0.350 e. The van der Waals surface area contributed by atoms with E-state index in [1.165, 1.54) is 31.5 Å². The molecule has 25 heavy (non-hydrogen) atoms. The van der Waals surface area contributed by atoms with E-state index < -0.39 is 0 Å². The average molecular weight is 341 g/mol. The third-order valence-corrected chi connectivity index (χ3v) is 5.61. The van der Waals surface area contributed by atoms with Crippen LogP contribution < -0.4 is 5.32 Å². The van der Waals surface area contributed by atoms with Crippen LogP contribution in [0.5, 0.6) is 0 Å². The Morgan fingerprint density at radius 2 is 2.16 bits per heavy atom. The summed E-state index contributed by atoms with van der Waals surface area (Å²) in [5, 5.41) is 7.60. The number of fused-ring (bicyclic) bond motifs is 1. The molecule has 0 bridgehead atoms. The van der Waals surface area contributed by atoms with Crippen LogP contribution in [-0.2, 0) is 20.1 Å². The highest BCUT2D eigenvalue weighted by molar-refractivity contribution is 5.92. The molecule has 3 heterocycles. The second-order valence-corrected chi connectivity index (χ2v) is 7.58. The fraction of sp³-hybridized carbons (Fsp3) is 0.579. The van der Waals surface area contributed by atoms with E-state index in [2.05, 4.69) is 26.1 Å². The first-order valence-electron chi connectivity index (χ1n) is 9.31. The zero-order valence-electron chi connectivity index (χ0n) is 14.9. The third-order valence-electron chi connectivity index (χ3n) is 5.61. The van der Waals surface area contributed by atoms with Crippen LogP contribution in [0.1, 0.15) is 35.4 Å². The second kappa shape index (κ2) is 7.04. The quantitative estimate of drug-likeness (QED) is 0.903. The molecule has 0 unspecified atom stereocenters. The number of aryl methyl sites for hydroxylation is 1. The number of hydrogen-bond acceptors (Lipinski definition) is 3. The molecule has 1 saturated carbocycles. The molecule has 1 N–H and O–H groups in total. The summed E-state index contributed by atoms with van der Waals surface area (Å²) in [5.74, 6) is 1.24. The number of nitrogens with zero attached hydrogens (tertiary/aromatic N) is 4. The van der Waals surface area contributed by atoms with Gasteiger partial charge in [0.05, 0.1) is 5.69 Å². The molecule has 0 spiro atoms. The van der Waals surface area contributed by atoms with Crippen LogP contribution in [-0.4, -0.2) is 44.8 Å². The van der Waals surface area contributed by atoms with E-state index in [1.54, 1.807) is 0 Å². The highest BCUT2D eigenvalue weighted by Crippen LogP contribution is 2.28. The van der Waals surface area contributed by atoms with Crippen molar-refractivity contribution in [2.45, 2.75) is 32.4 Å². The van der Waals surface area contributed by atoms with Crippen molar-refractivity contribution in [2.24, 2.45) is 18.9 Å². The molecule has 4 rings (SSSR count). The van der Waals surface area contributed by atoms with Crippen molar-refractivity contribution in [1.29, 1.82) is 0 Å². The van der Waals surface area contributed by atoms with Crippen LogP contribution in [0.3, 0.4) is 0 Å². The molecule has 0 saturated heterocycles. The van der Waals surface area contributed by atoms with Gasteiger partial charge in [0.15, 0.2) is 0 Å². The fourth-order valence-electron chi connectivity index (χ4n) is 3.95. The highest BCUT2D eigenvalue weighted by Gasteiger charge is 2.27. The summed E-state index contributed by atoms with van der Waals surface area (Å²) in [6, 6.07) is 5.88. The zero-order valence-corrected chi connectivity index (χ0v) is 14.9. The molecule has 1 atom stereocenters. The topological polar surface area (TPSA) is 55.1 Å². The van der Waals surface area contributed by atoms with Gasteiger partial charge in [-0.25, -0.2) is 0 Å². The van der Waals surface area contributed by atoms with Gasteiger partial charge in [0.2, 0.25) is 0 Å². The lowest BCUT2D eigenvalue weighted by Crippen LogP contribution is -2.39. The van der Waals surface area contributed by atoms with E-state index >= 15 is 0 Å². The maximum atomic E-state index is 12.4. The van der Waals surface area contributed by atoms with E-state index in [0.717, 1.165) is 25.6 Å². The standard InChI is InChI=1S/C19H27N5O/c1-22-9-3-6-18(22)19(25)20-10-16-12-23(11-15-4-2-5-15)14-17-7-8-21-24(17)13-16/h3,6-9,15-16H,2,4-5,10-14H2,1H3,(H,20,25)/t16-/m0/s1. The number of amides is 1. The first-order chi connectivity index (χ1) is 12.2. The van der Waals surface area contributed by atoms with Gasteiger partial charge in [0.1, 0.15) is 5.69 Å². The van der Waals surface area contributed by atoms with Crippen molar-refractivity contribution in [1.82, 2.24) is 24.6 Å². The van der Waals surface area contributed by atoms with E-state index in [4.69, 9.17) is 0 Å². The lowest BCUT2D eigenvalue weighted by atomic mass is 9.85. The molecule has 2 aromatic rings. The smallest absolute Gasteiger partial charge is 0.267 e. The number of hydrogen-bond donors (Lipinski definition) is 1. The number of aromatic nitrogens is 3.